The van der Waals surface area contributed by atoms with E-state index in [1.807, 2.05) is 6.07 Å². The molecule has 116 valence electrons. The lowest BCUT2D eigenvalue weighted by molar-refractivity contribution is -0.146. The Morgan fingerprint density at radius 3 is 2.81 bits per heavy atom. The number of nitrogens with zero attached hydrogens (tertiary/aromatic N) is 1. The molecule has 21 heavy (non-hydrogen) atoms. The van der Waals surface area contributed by atoms with Crippen LogP contribution in [0.4, 0.5) is 0 Å². The molecular weight excluding hydrogens is 274 g/mol. The monoisotopic (exact) mass is 295 g/mol. The summed E-state index contributed by atoms with van der Waals surface area (Å²) in [7, 11) is 1.58. The maximum Gasteiger partial charge on any atom is 0.344 e. The van der Waals surface area contributed by atoms with Gasteiger partial charge in [-0.3, -0.25) is 4.90 Å². The predicted molar refractivity (Wildman–Crippen MR) is 76.7 cm³/mol. The smallest absolute Gasteiger partial charge is 0.344 e. The fourth-order valence-corrected chi connectivity index (χ4v) is 1.99. The quantitative estimate of drug-likeness (QED) is 0.698. The SMILES string of the molecule is COc1cccc(OCC(=O)OCCN2CCOCC2)c1. The molecule has 0 unspecified atom stereocenters. The van der Waals surface area contributed by atoms with Gasteiger partial charge in [-0.15, -0.1) is 0 Å². The third kappa shape index (κ3) is 5.61. The van der Waals surface area contributed by atoms with Crippen LogP contribution in [-0.4, -0.2) is 64.0 Å². The summed E-state index contributed by atoms with van der Waals surface area (Å²) < 4.78 is 20.8. The van der Waals surface area contributed by atoms with Gasteiger partial charge < -0.3 is 18.9 Å². The summed E-state index contributed by atoms with van der Waals surface area (Å²) in [4.78, 5) is 13.8. The fraction of sp³-hybridized carbons (Fsp3) is 0.533. The van der Waals surface area contributed by atoms with Crippen molar-refractivity contribution in [2.75, 3.05) is 53.2 Å². The Bertz CT molecular complexity index is 445. The van der Waals surface area contributed by atoms with E-state index in [-0.39, 0.29) is 12.6 Å². The lowest BCUT2D eigenvalue weighted by Crippen LogP contribution is -2.38. The highest BCUT2D eigenvalue weighted by Gasteiger charge is 2.11. The first-order valence-corrected chi connectivity index (χ1v) is 7.00. The summed E-state index contributed by atoms with van der Waals surface area (Å²) in [6, 6.07) is 7.11. The summed E-state index contributed by atoms with van der Waals surface area (Å²) in [5.74, 6) is 0.902. The molecule has 2 rings (SSSR count). The van der Waals surface area contributed by atoms with Gasteiger partial charge in [0.25, 0.3) is 0 Å². The van der Waals surface area contributed by atoms with E-state index in [2.05, 4.69) is 4.90 Å². The molecule has 0 aromatic heterocycles. The molecule has 0 radical (unpaired) electrons. The minimum absolute atomic E-state index is 0.101. The molecule has 6 nitrogen and oxygen atoms in total. The summed E-state index contributed by atoms with van der Waals surface area (Å²) in [6.07, 6.45) is 0. The van der Waals surface area contributed by atoms with Crippen LogP contribution in [0.3, 0.4) is 0 Å². The van der Waals surface area contributed by atoms with Gasteiger partial charge in [-0.05, 0) is 12.1 Å². The van der Waals surface area contributed by atoms with Gasteiger partial charge in [0.05, 0.1) is 20.3 Å². The van der Waals surface area contributed by atoms with Crippen LogP contribution in [0, 0.1) is 0 Å². The minimum atomic E-state index is -0.369. The molecule has 0 amide bonds. The average Bonchev–Trinajstić information content (AvgIpc) is 2.54. The van der Waals surface area contributed by atoms with Gasteiger partial charge in [0, 0.05) is 25.7 Å². The Kier molecular flexibility index (Phi) is 6.30. The number of methoxy groups -OCH3 is 1. The zero-order valence-corrected chi connectivity index (χ0v) is 12.2. The van der Waals surface area contributed by atoms with Gasteiger partial charge in [0.15, 0.2) is 6.61 Å². The first-order valence-electron chi connectivity index (χ1n) is 7.00. The van der Waals surface area contributed by atoms with Crippen LogP contribution in [0.5, 0.6) is 11.5 Å². The number of morpholine rings is 1. The lowest BCUT2D eigenvalue weighted by Gasteiger charge is -2.26. The second-order valence-corrected chi connectivity index (χ2v) is 4.64. The van der Waals surface area contributed by atoms with Crippen molar-refractivity contribution in [1.82, 2.24) is 4.90 Å². The molecule has 1 aromatic carbocycles. The van der Waals surface area contributed by atoms with Crippen molar-refractivity contribution in [3.05, 3.63) is 24.3 Å². The molecule has 1 heterocycles. The van der Waals surface area contributed by atoms with Gasteiger partial charge in [0.2, 0.25) is 0 Å². The minimum Gasteiger partial charge on any atom is -0.497 e. The van der Waals surface area contributed by atoms with Crippen molar-refractivity contribution in [1.29, 1.82) is 0 Å². The highest BCUT2D eigenvalue weighted by Crippen LogP contribution is 2.18. The molecule has 0 atom stereocenters. The Morgan fingerprint density at radius 2 is 2.05 bits per heavy atom. The molecule has 0 N–H and O–H groups in total. The summed E-state index contributed by atoms with van der Waals surface area (Å²) in [5.41, 5.74) is 0. The zero-order valence-electron chi connectivity index (χ0n) is 12.2. The molecular formula is C15H21NO5. The Morgan fingerprint density at radius 1 is 1.29 bits per heavy atom. The number of benzene rings is 1. The van der Waals surface area contributed by atoms with E-state index in [0.717, 1.165) is 32.8 Å². The van der Waals surface area contributed by atoms with Crippen LogP contribution in [0.25, 0.3) is 0 Å². The van der Waals surface area contributed by atoms with E-state index in [1.54, 1.807) is 25.3 Å². The number of rotatable bonds is 7. The zero-order chi connectivity index (χ0) is 14.9. The van der Waals surface area contributed by atoms with E-state index >= 15 is 0 Å². The molecule has 0 bridgehead atoms. The molecule has 6 heteroatoms. The molecule has 1 saturated heterocycles. The Labute approximate surface area is 124 Å². The highest BCUT2D eigenvalue weighted by molar-refractivity contribution is 5.71. The Balaban J connectivity index is 1.62. The standard InChI is InChI=1S/C15H21NO5/c1-18-13-3-2-4-14(11-13)21-12-15(17)20-10-7-16-5-8-19-9-6-16/h2-4,11H,5-10,12H2,1H3. The van der Waals surface area contributed by atoms with Crippen LogP contribution in [0.1, 0.15) is 0 Å². The number of carbonyl (C=O) groups is 1. The van der Waals surface area contributed by atoms with Crippen LogP contribution >= 0.6 is 0 Å². The van der Waals surface area contributed by atoms with Crippen molar-refractivity contribution in [2.24, 2.45) is 0 Å². The molecule has 1 fully saturated rings. The Hall–Kier alpha value is -1.79. The number of carbonyl (C=O) groups excluding carboxylic acids is 1. The fourth-order valence-electron chi connectivity index (χ4n) is 1.99. The third-order valence-corrected chi connectivity index (χ3v) is 3.17. The normalized spacial score (nSPS) is 15.5. The highest BCUT2D eigenvalue weighted by atomic mass is 16.6. The van der Waals surface area contributed by atoms with E-state index in [9.17, 15) is 4.79 Å². The van der Waals surface area contributed by atoms with E-state index in [0.29, 0.717) is 18.1 Å². The van der Waals surface area contributed by atoms with Crippen LogP contribution in [-0.2, 0) is 14.3 Å². The first kappa shape index (κ1) is 15.6. The molecule has 1 aliphatic rings. The maximum atomic E-state index is 11.6. The summed E-state index contributed by atoms with van der Waals surface area (Å²) >= 11 is 0. The molecule has 0 aliphatic carbocycles. The van der Waals surface area contributed by atoms with Crippen LogP contribution in [0.2, 0.25) is 0 Å². The van der Waals surface area contributed by atoms with E-state index in [4.69, 9.17) is 18.9 Å². The third-order valence-electron chi connectivity index (χ3n) is 3.17. The molecule has 1 aliphatic heterocycles. The largest absolute Gasteiger partial charge is 0.497 e. The van der Waals surface area contributed by atoms with Crippen molar-refractivity contribution < 1.29 is 23.7 Å². The van der Waals surface area contributed by atoms with Gasteiger partial charge in [-0.2, -0.15) is 0 Å². The molecule has 0 spiro atoms. The van der Waals surface area contributed by atoms with Gasteiger partial charge in [0.1, 0.15) is 18.1 Å². The summed E-state index contributed by atoms with van der Waals surface area (Å²) in [6.45, 7) is 4.26. The van der Waals surface area contributed by atoms with Gasteiger partial charge in [-0.1, -0.05) is 6.07 Å². The van der Waals surface area contributed by atoms with Crippen molar-refractivity contribution in [3.63, 3.8) is 0 Å². The predicted octanol–water partition coefficient (Wildman–Crippen LogP) is 0.949. The van der Waals surface area contributed by atoms with Gasteiger partial charge >= 0.3 is 5.97 Å². The van der Waals surface area contributed by atoms with Crippen molar-refractivity contribution >= 4 is 5.97 Å². The van der Waals surface area contributed by atoms with Crippen molar-refractivity contribution in [3.8, 4) is 11.5 Å². The number of esters is 1. The molecule has 0 saturated carbocycles. The van der Waals surface area contributed by atoms with Crippen LogP contribution < -0.4 is 9.47 Å². The number of hydrogen-bond donors (Lipinski definition) is 0. The number of hydrogen-bond acceptors (Lipinski definition) is 6. The lowest BCUT2D eigenvalue weighted by atomic mass is 10.3. The average molecular weight is 295 g/mol. The summed E-state index contributed by atoms with van der Waals surface area (Å²) in [5, 5.41) is 0. The first-order chi connectivity index (χ1) is 10.3. The van der Waals surface area contributed by atoms with E-state index < -0.39 is 0 Å². The van der Waals surface area contributed by atoms with Crippen LogP contribution in [0.15, 0.2) is 24.3 Å². The molecule has 1 aromatic rings. The maximum absolute atomic E-state index is 11.6. The van der Waals surface area contributed by atoms with Crippen molar-refractivity contribution in [2.45, 2.75) is 0 Å². The van der Waals surface area contributed by atoms with E-state index in [1.165, 1.54) is 0 Å². The topological polar surface area (TPSA) is 57.2 Å². The second kappa shape index (κ2) is 8.49. The van der Waals surface area contributed by atoms with Gasteiger partial charge in [-0.25, -0.2) is 4.79 Å². The second-order valence-electron chi connectivity index (χ2n) is 4.64. The number of ether oxygens (including phenoxy) is 4.